The topological polar surface area (TPSA) is 60.2 Å². The second kappa shape index (κ2) is 3.55. The number of benzene rings is 1. The van der Waals surface area contributed by atoms with Crippen LogP contribution < -0.4 is 5.14 Å². The summed E-state index contributed by atoms with van der Waals surface area (Å²) in [7, 11) is -3.64. The van der Waals surface area contributed by atoms with Crippen molar-refractivity contribution in [3.05, 3.63) is 28.1 Å². The van der Waals surface area contributed by atoms with E-state index in [4.69, 9.17) is 5.14 Å². The van der Waals surface area contributed by atoms with Gasteiger partial charge in [-0.25, -0.2) is 13.6 Å². The SMILES string of the molecule is Cc1cc(C)c2sc(C)c(S(N)(=O)=O)c2c1. The third kappa shape index (κ3) is 1.75. The van der Waals surface area contributed by atoms with E-state index in [1.807, 2.05) is 26.0 Å². The Morgan fingerprint density at radius 2 is 1.81 bits per heavy atom. The van der Waals surface area contributed by atoms with Gasteiger partial charge in [-0.2, -0.15) is 0 Å². The molecule has 0 saturated heterocycles. The molecule has 0 aliphatic rings. The predicted molar refractivity (Wildman–Crippen MR) is 67.4 cm³/mol. The van der Waals surface area contributed by atoms with Crippen LogP contribution in [0.25, 0.3) is 10.1 Å². The number of hydrogen-bond donors (Lipinski definition) is 1. The molecule has 0 aliphatic carbocycles. The minimum atomic E-state index is -3.64. The maximum Gasteiger partial charge on any atom is 0.239 e. The first-order valence-corrected chi connectivity index (χ1v) is 7.20. The van der Waals surface area contributed by atoms with E-state index in [0.29, 0.717) is 0 Å². The molecule has 0 amide bonds. The fourth-order valence-electron chi connectivity index (χ4n) is 2.00. The van der Waals surface area contributed by atoms with Crippen LogP contribution >= 0.6 is 11.3 Å². The third-order valence-electron chi connectivity index (χ3n) is 2.52. The van der Waals surface area contributed by atoms with Gasteiger partial charge in [0.05, 0.1) is 0 Å². The molecule has 1 aromatic heterocycles. The van der Waals surface area contributed by atoms with Crippen LogP contribution in [0, 0.1) is 20.8 Å². The van der Waals surface area contributed by atoms with Crippen LogP contribution in [-0.4, -0.2) is 8.42 Å². The Labute approximate surface area is 98.9 Å². The molecular formula is C11H13NO2S2. The maximum atomic E-state index is 11.5. The number of aryl methyl sites for hydroxylation is 3. The van der Waals surface area contributed by atoms with Gasteiger partial charge >= 0.3 is 0 Å². The van der Waals surface area contributed by atoms with Gasteiger partial charge in [0.2, 0.25) is 10.0 Å². The molecule has 86 valence electrons. The van der Waals surface area contributed by atoms with E-state index in [1.165, 1.54) is 11.3 Å². The number of rotatable bonds is 1. The van der Waals surface area contributed by atoms with E-state index in [-0.39, 0.29) is 4.90 Å². The molecule has 0 unspecified atom stereocenters. The fraction of sp³-hybridized carbons (Fsp3) is 0.273. The first-order chi connectivity index (χ1) is 7.30. The lowest BCUT2D eigenvalue weighted by atomic mass is 10.1. The second-order valence-electron chi connectivity index (χ2n) is 3.99. The number of primary sulfonamides is 1. The highest BCUT2D eigenvalue weighted by molar-refractivity contribution is 7.89. The summed E-state index contributed by atoms with van der Waals surface area (Å²) in [5, 5.41) is 6.00. The van der Waals surface area contributed by atoms with E-state index in [1.54, 1.807) is 6.92 Å². The van der Waals surface area contributed by atoms with Crippen molar-refractivity contribution in [2.24, 2.45) is 5.14 Å². The second-order valence-corrected chi connectivity index (χ2v) is 6.71. The molecule has 0 aliphatic heterocycles. The standard InChI is InChI=1S/C11H13NO2S2/c1-6-4-7(2)10-9(5-6)11(8(3)15-10)16(12,13)14/h4-5H,1-3H3,(H2,12,13,14). The molecule has 1 aromatic carbocycles. The summed E-state index contributed by atoms with van der Waals surface area (Å²) in [5.74, 6) is 0. The van der Waals surface area contributed by atoms with Crippen molar-refractivity contribution in [3.63, 3.8) is 0 Å². The Hall–Kier alpha value is -0.910. The highest BCUT2D eigenvalue weighted by Crippen LogP contribution is 2.36. The molecule has 0 atom stereocenters. The fourth-order valence-corrected chi connectivity index (χ4v) is 4.41. The first kappa shape index (κ1) is 11.6. The quantitative estimate of drug-likeness (QED) is 0.851. The Morgan fingerprint density at radius 3 is 2.38 bits per heavy atom. The number of thiophene rings is 1. The van der Waals surface area contributed by atoms with Crippen molar-refractivity contribution in [2.75, 3.05) is 0 Å². The summed E-state index contributed by atoms with van der Waals surface area (Å²) in [6, 6.07) is 3.93. The number of nitrogens with two attached hydrogens (primary N) is 1. The number of fused-ring (bicyclic) bond motifs is 1. The molecule has 5 heteroatoms. The summed E-state index contributed by atoms with van der Waals surface area (Å²) >= 11 is 1.48. The van der Waals surface area contributed by atoms with Gasteiger partial charge in [0, 0.05) is 15.0 Å². The number of hydrogen-bond acceptors (Lipinski definition) is 3. The summed E-state index contributed by atoms with van der Waals surface area (Å²) in [6.45, 7) is 5.73. The van der Waals surface area contributed by atoms with Crippen LogP contribution in [0.15, 0.2) is 17.0 Å². The van der Waals surface area contributed by atoms with Crippen LogP contribution in [0.3, 0.4) is 0 Å². The Kier molecular flexibility index (Phi) is 2.57. The highest BCUT2D eigenvalue weighted by Gasteiger charge is 2.19. The molecule has 2 N–H and O–H groups in total. The molecule has 0 radical (unpaired) electrons. The van der Waals surface area contributed by atoms with Crippen LogP contribution in [0.2, 0.25) is 0 Å². The molecule has 3 nitrogen and oxygen atoms in total. The smallest absolute Gasteiger partial charge is 0.225 e. The lowest BCUT2D eigenvalue weighted by molar-refractivity contribution is 0.598. The molecule has 16 heavy (non-hydrogen) atoms. The Balaban J connectivity index is 3.01. The van der Waals surface area contributed by atoms with E-state index < -0.39 is 10.0 Å². The molecule has 0 spiro atoms. The maximum absolute atomic E-state index is 11.5. The monoisotopic (exact) mass is 255 g/mol. The van der Waals surface area contributed by atoms with Gasteiger partial charge in [-0.05, 0) is 32.4 Å². The van der Waals surface area contributed by atoms with Crippen molar-refractivity contribution >= 4 is 31.4 Å². The zero-order valence-electron chi connectivity index (χ0n) is 9.37. The van der Waals surface area contributed by atoms with Gasteiger partial charge < -0.3 is 0 Å². The summed E-state index contributed by atoms with van der Waals surface area (Å²) < 4.78 is 24.1. The van der Waals surface area contributed by atoms with Gasteiger partial charge in [0.1, 0.15) is 4.90 Å². The largest absolute Gasteiger partial charge is 0.239 e. The molecular weight excluding hydrogens is 242 g/mol. The van der Waals surface area contributed by atoms with E-state index >= 15 is 0 Å². The summed E-state index contributed by atoms with van der Waals surface area (Å²) in [5.41, 5.74) is 2.14. The van der Waals surface area contributed by atoms with Crippen molar-refractivity contribution in [2.45, 2.75) is 25.7 Å². The van der Waals surface area contributed by atoms with Crippen molar-refractivity contribution < 1.29 is 8.42 Å². The minimum Gasteiger partial charge on any atom is -0.225 e. The van der Waals surface area contributed by atoms with Crippen LogP contribution in [0.5, 0.6) is 0 Å². The van der Waals surface area contributed by atoms with Crippen molar-refractivity contribution in [1.82, 2.24) is 0 Å². The molecule has 2 rings (SSSR count). The zero-order chi connectivity index (χ0) is 12.1. The average molecular weight is 255 g/mol. The molecule has 2 aromatic rings. The Morgan fingerprint density at radius 1 is 1.19 bits per heavy atom. The minimum absolute atomic E-state index is 0.277. The van der Waals surface area contributed by atoms with Gasteiger partial charge in [-0.1, -0.05) is 11.6 Å². The van der Waals surface area contributed by atoms with E-state index in [2.05, 4.69) is 0 Å². The van der Waals surface area contributed by atoms with Crippen molar-refractivity contribution in [3.8, 4) is 0 Å². The van der Waals surface area contributed by atoms with Crippen molar-refractivity contribution in [1.29, 1.82) is 0 Å². The van der Waals surface area contributed by atoms with Crippen LogP contribution in [0.1, 0.15) is 16.0 Å². The summed E-state index contributed by atoms with van der Waals surface area (Å²) in [6.07, 6.45) is 0. The van der Waals surface area contributed by atoms with Crippen LogP contribution in [-0.2, 0) is 10.0 Å². The number of sulfonamides is 1. The predicted octanol–water partition coefficient (Wildman–Crippen LogP) is 2.47. The highest BCUT2D eigenvalue weighted by atomic mass is 32.2. The van der Waals surface area contributed by atoms with E-state index in [0.717, 1.165) is 26.1 Å². The first-order valence-electron chi connectivity index (χ1n) is 4.84. The third-order valence-corrected chi connectivity index (χ3v) is 5.00. The van der Waals surface area contributed by atoms with E-state index in [9.17, 15) is 8.42 Å². The van der Waals surface area contributed by atoms with Gasteiger partial charge in [0.15, 0.2) is 0 Å². The zero-order valence-corrected chi connectivity index (χ0v) is 11.0. The van der Waals surface area contributed by atoms with Gasteiger partial charge in [0.25, 0.3) is 0 Å². The summed E-state index contributed by atoms with van der Waals surface area (Å²) in [4.78, 5) is 1.03. The Bertz CT molecular complexity index is 669. The van der Waals surface area contributed by atoms with Gasteiger partial charge in [-0.3, -0.25) is 0 Å². The average Bonchev–Trinajstić information content (AvgIpc) is 2.40. The molecule has 1 heterocycles. The van der Waals surface area contributed by atoms with Crippen LogP contribution in [0.4, 0.5) is 0 Å². The lowest BCUT2D eigenvalue weighted by Crippen LogP contribution is -2.12. The normalized spacial score (nSPS) is 12.2. The molecule has 0 bridgehead atoms. The molecule has 0 saturated carbocycles. The van der Waals surface area contributed by atoms with Gasteiger partial charge in [-0.15, -0.1) is 11.3 Å². The lowest BCUT2D eigenvalue weighted by Gasteiger charge is -2.01. The molecule has 0 fully saturated rings.